The molecule has 2 N–H and O–H groups in total. The molecule has 0 spiro atoms. The third-order valence-corrected chi connectivity index (χ3v) is 4.55. The highest BCUT2D eigenvalue weighted by Gasteiger charge is 2.17. The van der Waals surface area contributed by atoms with Crippen molar-refractivity contribution in [2.45, 2.75) is 25.4 Å². The van der Waals surface area contributed by atoms with Gasteiger partial charge in [0.05, 0.1) is 18.3 Å². The maximum absolute atomic E-state index is 12.4. The SMILES string of the molecule is O=C(N[C@H]1CCCNC1)c1cnc2c(cnn2Cc2ccccc2)c1. The van der Waals surface area contributed by atoms with Crippen LogP contribution in [0.25, 0.3) is 11.0 Å². The number of hydrogen-bond donors (Lipinski definition) is 2. The van der Waals surface area contributed by atoms with Crippen LogP contribution in [0, 0.1) is 0 Å². The fourth-order valence-corrected chi connectivity index (χ4v) is 3.21. The van der Waals surface area contributed by atoms with Crippen molar-refractivity contribution in [1.82, 2.24) is 25.4 Å². The first-order chi connectivity index (χ1) is 12.3. The Balaban J connectivity index is 1.52. The molecule has 128 valence electrons. The Morgan fingerprint density at radius 2 is 2.16 bits per heavy atom. The van der Waals surface area contributed by atoms with E-state index in [2.05, 4.69) is 32.8 Å². The van der Waals surface area contributed by atoms with Crippen LogP contribution in [0.2, 0.25) is 0 Å². The number of piperidine rings is 1. The number of hydrogen-bond acceptors (Lipinski definition) is 4. The van der Waals surface area contributed by atoms with E-state index in [1.54, 1.807) is 12.4 Å². The van der Waals surface area contributed by atoms with E-state index in [9.17, 15) is 4.79 Å². The van der Waals surface area contributed by atoms with Crippen LogP contribution in [-0.2, 0) is 6.54 Å². The molecule has 1 aliphatic rings. The summed E-state index contributed by atoms with van der Waals surface area (Å²) in [4.78, 5) is 16.9. The van der Waals surface area contributed by atoms with Gasteiger partial charge in [0.1, 0.15) is 0 Å². The molecule has 3 heterocycles. The number of pyridine rings is 1. The van der Waals surface area contributed by atoms with Gasteiger partial charge in [0, 0.05) is 24.2 Å². The molecule has 0 radical (unpaired) electrons. The Morgan fingerprint density at radius 3 is 2.96 bits per heavy atom. The van der Waals surface area contributed by atoms with Crippen LogP contribution in [0.5, 0.6) is 0 Å². The zero-order chi connectivity index (χ0) is 17.1. The number of nitrogens with zero attached hydrogens (tertiary/aromatic N) is 3. The van der Waals surface area contributed by atoms with Gasteiger partial charge in [-0.3, -0.25) is 4.79 Å². The highest BCUT2D eigenvalue weighted by atomic mass is 16.1. The molecule has 3 aromatic rings. The average Bonchev–Trinajstić information content (AvgIpc) is 3.05. The van der Waals surface area contributed by atoms with Gasteiger partial charge in [0.25, 0.3) is 5.91 Å². The average molecular weight is 335 g/mol. The monoisotopic (exact) mass is 335 g/mol. The molecule has 4 rings (SSSR count). The normalized spacial score (nSPS) is 17.5. The zero-order valence-electron chi connectivity index (χ0n) is 14.0. The molecule has 1 atom stereocenters. The van der Waals surface area contributed by atoms with E-state index < -0.39 is 0 Å². The molecule has 6 nitrogen and oxygen atoms in total. The number of rotatable bonds is 4. The maximum atomic E-state index is 12.4. The second-order valence-electron chi connectivity index (χ2n) is 6.44. The van der Waals surface area contributed by atoms with Crippen LogP contribution in [0.4, 0.5) is 0 Å². The quantitative estimate of drug-likeness (QED) is 0.764. The molecule has 1 aliphatic heterocycles. The van der Waals surface area contributed by atoms with Gasteiger partial charge in [0.15, 0.2) is 5.65 Å². The van der Waals surface area contributed by atoms with Crippen LogP contribution in [-0.4, -0.2) is 39.8 Å². The number of nitrogens with one attached hydrogen (secondary N) is 2. The van der Waals surface area contributed by atoms with Gasteiger partial charge >= 0.3 is 0 Å². The van der Waals surface area contributed by atoms with Crippen molar-refractivity contribution in [3.8, 4) is 0 Å². The Labute approximate surface area is 146 Å². The summed E-state index contributed by atoms with van der Waals surface area (Å²) in [7, 11) is 0. The second kappa shape index (κ2) is 7.03. The number of carbonyl (C=O) groups is 1. The minimum Gasteiger partial charge on any atom is -0.348 e. The van der Waals surface area contributed by atoms with Crippen LogP contribution < -0.4 is 10.6 Å². The summed E-state index contributed by atoms with van der Waals surface area (Å²) in [5.41, 5.74) is 2.54. The Kier molecular flexibility index (Phi) is 4.43. The van der Waals surface area contributed by atoms with E-state index >= 15 is 0 Å². The van der Waals surface area contributed by atoms with Crippen molar-refractivity contribution >= 4 is 16.9 Å². The summed E-state index contributed by atoms with van der Waals surface area (Å²) in [6, 6.07) is 12.2. The van der Waals surface area contributed by atoms with Crippen molar-refractivity contribution in [2.24, 2.45) is 0 Å². The molecular weight excluding hydrogens is 314 g/mol. The summed E-state index contributed by atoms with van der Waals surface area (Å²) < 4.78 is 1.86. The molecule has 1 fully saturated rings. The third-order valence-electron chi connectivity index (χ3n) is 4.55. The van der Waals surface area contributed by atoms with Crippen molar-refractivity contribution in [1.29, 1.82) is 0 Å². The molecule has 0 unspecified atom stereocenters. The first-order valence-electron chi connectivity index (χ1n) is 8.67. The highest BCUT2D eigenvalue weighted by Crippen LogP contribution is 2.15. The highest BCUT2D eigenvalue weighted by molar-refractivity contribution is 5.97. The van der Waals surface area contributed by atoms with Gasteiger partial charge < -0.3 is 10.6 Å². The molecule has 1 amide bonds. The van der Waals surface area contributed by atoms with E-state index in [-0.39, 0.29) is 11.9 Å². The lowest BCUT2D eigenvalue weighted by Crippen LogP contribution is -2.45. The Bertz CT molecular complexity index is 868. The number of amides is 1. The van der Waals surface area contributed by atoms with Gasteiger partial charge in [-0.25, -0.2) is 9.67 Å². The number of aromatic nitrogens is 3. The fourth-order valence-electron chi connectivity index (χ4n) is 3.21. The predicted octanol–water partition coefficient (Wildman–Crippen LogP) is 1.96. The van der Waals surface area contributed by atoms with Crippen molar-refractivity contribution in [2.75, 3.05) is 13.1 Å². The molecule has 0 aliphatic carbocycles. The summed E-state index contributed by atoms with van der Waals surface area (Å²) in [5.74, 6) is -0.0705. The minimum absolute atomic E-state index is 0.0705. The van der Waals surface area contributed by atoms with Gasteiger partial charge in [-0.2, -0.15) is 5.10 Å². The molecular formula is C19H21N5O. The van der Waals surface area contributed by atoms with E-state index in [1.165, 1.54) is 5.56 Å². The predicted molar refractivity (Wildman–Crippen MR) is 96.4 cm³/mol. The molecule has 25 heavy (non-hydrogen) atoms. The van der Waals surface area contributed by atoms with Crippen molar-refractivity contribution in [3.05, 3.63) is 59.9 Å². The van der Waals surface area contributed by atoms with Gasteiger partial charge in [-0.05, 0) is 31.0 Å². The Hall–Kier alpha value is -2.73. The molecule has 1 aromatic carbocycles. The maximum Gasteiger partial charge on any atom is 0.253 e. The van der Waals surface area contributed by atoms with Crippen molar-refractivity contribution in [3.63, 3.8) is 0 Å². The summed E-state index contributed by atoms with van der Waals surface area (Å²) in [6.45, 7) is 2.52. The summed E-state index contributed by atoms with van der Waals surface area (Å²) >= 11 is 0. The first-order valence-corrected chi connectivity index (χ1v) is 8.67. The molecule has 0 saturated carbocycles. The Morgan fingerprint density at radius 1 is 1.28 bits per heavy atom. The lowest BCUT2D eigenvalue weighted by molar-refractivity contribution is 0.0930. The number of carbonyl (C=O) groups excluding carboxylic acids is 1. The zero-order valence-corrected chi connectivity index (χ0v) is 14.0. The first kappa shape index (κ1) is 15.8. The fraction of sp³-hybridized carbons (Fsp3) is 0.316. The van der Waals surface area contributed by atoms with Crippen LogP contribution in [0.3, 0.4) is 0 Å². The standard InChI is InChI=1S/C19H21N5O/c25-19(23-17-7-4-8-20-12-17)16-9-15-11-22-24(18(15)21-10-16)13-14-5-2-1-3-6-14/h1-3,5-6,9-11,17,20H,4,7-8,12-13H2,(H,23,25)/t17-/m0/s1. The summed E-state index contributed by atoms with van der Waals surface area (Å²) in [5, 5.41) is 11.7. The van der Waals surface area contributed by atoms with E-state index in [0.717, 1.165) is 37.0 Å². The van der Waals surface area contributed by atoms with Crippen molar-refractivity contribution < 1.29 is 4.79 Å². The van der Waals surface area contributed by atoms with E-state index in [0.29, 0.717) is 12.1 Å². The second-order valence-corrected chi connectivity index (χ2v) is 6.44. The van der Waals surface area contributed by atoms with E-state index in [1.807, 2.05) is 28.9 Å². The number of benzene rings is 1. The largest absolute Gasteiger partial charge is 0.348 e. The molecule has 6 heteroatoms. The minimum atomic E-state index is -0.0705. The molecule has 1 saturated heterocycles. The third kappa shape index (κ3) is 3.53. The molecule has 0 bridgehead atoms. The lowest BCUT2D eigenvalue weighted by atomic mass is 10.1. The van der Waals surface area contributed by atoms with Gasteiger partial charge in [0.2, 0.25) is 0 Å². The summed E-state index contributed by atoms with van der Waals surface area (Å²) in [6.07, 6.45) is 5.51. The lowest BCUT2D eigenvalue weighted by Gasteiger charge is -2.23. The van der Waals surface area contributed by atoms with Gasteiger partial charge in [-0.15, -0.1) is 0 Å². The van der Waals surface area contributed by atoms with Crippen LogP contribution in [0.15, 0.2) is 48.8 Å². The van der Waals surface area contributed by atoms with Crippen LogP contribution >= 0.6 is 0 Å². The molecule has 2 aromatic heterocycles. The van der Waals surface area contributed by atoms with E-state index in [4.69, 9.17) is 0 Å². The smallest absolute Gasteiger partial charge is 0.253 e. The van der Waals surface area contributed by atoms with Gasteiger partial charge in [-0.1, -0.05) is 30.3 Å². The van der Waals surface area contributed by atoms with Crippen LogP contribution in [0.1, 0.15) is 28.8 Å². The number of fused-ring (bicyclic) bond motifs is 1. The topological polar surface area (TPSA) is 71.8 Å².